The summed E-state index contributed by atoms with van der Waals surface area (Å²) in [5, 5.41) is 10.5. The number of carboxylic acids is 1. The fourth-order valence-electron chi connectivity index (χ4n) is 11.6. The fraction of sp³-hybridized carbons (Fsp3) is 0.933. The fourth-order valence-corrected chi connectivity index (χ4v) is 11.6. The van der Waals surface area contributed by atoms with Crippen LogP contribution in [0.25, 0.3) is 0 Å². The van der Waals surface area contributed by atoms with E-state index in [-0.39, 0.29) is 21.7 Å². The van der Waals surface area contributed by atoms with Crippen LogP contribution in [0.2, 0.25) is 0 Å². The summed E-state index contributed by atoms with van der Waals surface area (Å²) in [4.78, 5) is 25.7. The molecule has 0 amide bonds. The lowest BCUT2D eigenvalue weighted by Gasteiger charge is -2.72. The highest BCUT2D eigenvalue weighted by Gasteiger charge is 2.72. The summed E-state index contributed by atoms with van der Waals surface area (Å²) in [5.74, 6) is 3.07. The molecule has 0 radical (unpaired) electrons. The second-order valence-corrected chi connectivity index (χ2v) is 14.7. The molecule has 3 heteroatoms. The van der Waals surface area contributed by atoms with Gasteiger partial charge in [-0.2, -0.15) is 0 Å². The van der Waals surface area contributed by atoms with Gasteiger partial charge in [-0.25, -0.2) is 0 Å². The molecule has 0 aromatic carbocycles. The molecule has 5 rings (SSSR count). The minimum atomic E-state index is -0.506. The van der Waals surface area contributed by atoms with Gasteiger partial charge in [-0.05, 0) is 110 Å². The summed E-state index contributed by atoms with van der Waals surface area (Å²) in [6.45, 7) is 16.8. The van der Waals surface area contributed by atoms with Crippen molar-refractivity contribution < 1.29 is 14.7 Å². The van der Waals surface area contributed by atoms with Crippen LogP contribution in [-0.2, 0) is 9.59 Å². The van der Waals surface area contributed by atoms with Gasteiger partial charge in [-0.1, -0.05) is 48.5 Å². The number of rotatable bonds is 2. The van der Waals surface area contributed by atoms with Crippen LogP contribution in [0.1, 0.15) is 113 Å². The lowest BCUT2D eigenvalue weighted by molar-refractivity contribution is -0.237. The van der Waals surface area contributed by atoms with E-state index in [2.05, 4.69) is 48.5 Å². The number of ketones is 1. The number of hydrogen-bond donors (Lipinski definition) is 1. The lowest BCUT2D eigenvalue weighted by Crippen LogP contribution is -2.66. The smallest absolute Gasteiger partial charge is 0.309 e. The maximum Gasteiger partial charge on any atom is 0.309 e. The van der Waals surface area contributed by atoms with E-state index in [1.165, 1.54) is 19.3 Å². The van der Waals surface area contributed by atoms with Crippen LogP contribution in [0.3, 0.4) is 0 Å². The van der Waals surface area contributed by atoms with E-state index in [4.69, 9.17) is 0 Å². The van der Waals surface area contributed by atoms with E-state index in [1.54, 1.807) is 0 Å². The predicted octanol–water partition coefficient (Wildman–Crippen LogP) is 7.38. The molecule has 9 atom stereocenters. The first-order valence-electron chi connectivity index (χ1n) is 14.0. The molecule has 0 bridgehead atoms. The minimum absolute atomic E-state index is 0.203. The molecule has 5 aliphatic rings. The van der Waals surface area contributed by atoms with Gasteiger partial charge >= 0.3 is 5.97 Å². The van der Waals surface area contributed by atoms with E-state index >= 15 is 0 Å². The molecule has 1 N–H and O–H groups in total. The monoisotopic (exact) mass is 456 g/mol. The predicted molar refractivity (Wildman–Crippen MR) is 132 cm³/mol. The first-order valence-corrected chi connectivity index (χ1v) is 14.0. The second kappa shape index (κ2) is 7.10. The Morgan fingerprint density at radius 2 is 1.55 bits per heavy atom. The van der Waals surface area contributed by atoms with Gasteiger partial charge < -0.3 is 5.11 Å². The lowest BCUT2D eigenvalue weighted by atomic mass is 9.32. The van der Waals surface area contributed by atoms with Gasteiger partial charge in [0.1, 0.15) is 5.78 Å². The Morgan fingerprint density at radius 1 is 0.848 bits per heavy atom. The van der Waals surface area contributed by atoms with Crippen LogP contribution in [0.4, 0.5) is 0 Å². The number of fused-ring (bicyclic) bond motifs is 7. The largest absolute Gasteiger partial charge is 0.481 e. The number of aliphatic carboxylic acids is 1. The van der Waals surface area contributed by atoms with Gasteiger partial charge in [0.05, 0.1) is 5.41 Å². The Hall–Kier alpha value is -0.860. The van der Waals surface area contributed by atoms with Crippen LogP contribution in [0.15, 0.2) is 0 Å². The zero-order valence-electron chi connectivity index (χ0n) is 22.3. The van der Waals surface area contributed by atoms with Gasteiger partial charge in [0, 0.05) is 11.8 Å². The molecule has 5 saturated carbocycles. The number of carboxylic acid groups (broad SMARTS) is 1. The summed E-state index contributed by atoms with van der Waals surface area (Å²) < 4.78 is 0. The summed E-state index contributed by atoms with van der Waals surface area (Å²) in [6.07, 6.45) is 10.5. The minimum Gasteiger partial charge on any atom is -0.481 e. The third-order valence-electron chi connectivity index (χ3n) is 13.5. The van der Waals surface area contributed by atoms with Crippen LogP contribution >= 0.6 is 0 Å². The topological polar surface area (TPSA) is 54.4 Å². The van der Waals surface area contributed by atoms with Crippen molar-refractivity contribution in [2.75, 3.05) is 0 Å². The van der Waals surface area contributed by atoms with Crippen LogP contribution in [0.5, 0.6) is 0 Å². The van der Waals surface area contributed by atoms with Gasteiger partial charge in [-0.3, -0.25) is 9.59 Å². The summed E-state index contributed by atoms with van der Waals surface area (Å²) >= 11 is 0. The maximum absolute atomic E-state index is 12.9. The Morgan fingerprint density at radius 3 is 2.18 bits per heavy atom. The standard InChI is InChI=1S/C30H48O3/c1-18(2)19-10-15-30(25(32)33)17-16-28(6)20(24(19)30)8-9-22-27(5)13-12-23(31)26(3,4)21(27)11-14-29(22,28)7/h18-22,24H,8-17H2,1-7H3,(H,32,33)/t19?,20?,21?,22?,24?,27-,28+,29+,30-/m0/s1. The third-order valence-corrected chi connectivity index (χ3v) is 13.5. The molecule has 0 spiro atoms. The molecule has 0 aliphatic heterocycles. The molecular formula is C30H48O3. The second-order valence-electron chi connectivity index (χ2n) is 14.7. The Bertz CT molecular complexity index is 859. The zero-order chi connectivity index (χ0) is 24.2. The number of hydrogen-bond acceptors (Lipinski definition) is 2. The molecular weight excluding hydrogens is 408 g/mol. The summed E-state index contributed by atoms with van der Waals surface area (Å²) in [7, 11) is 0. The van der Waals surface area contributed by atoms with Crippen LogP contribution in [-0.4, -0.2) is 16.9 Å². The van der Waals surface area contributed by atoms with Crippen LogP contribution < -0.4 is 0 Å². The average molecular weight is 457 g/mol. The van der Waals surface area contributed by atoms with Crippen molar-refractivity contribution in [1.82, 2.24) is 0 Å². The highest BCUT2D eigenvalue weighted by atomic mass is 16.4. The van der Waals surface area contributed by atoms with Crippen molar-refractivity contribution in [3.63, 3.8) is 0 Å². The highest BCUT2D eigenvalue weighted by molar-refractivity contribution is 5.85. The van der Waals surface area contributed by atoms with Crippen molar-refractivity contribution in [2.24, 2.45) is 62.6 Å². The molecule has 0 saturated heterocycles. The molecule has 3 nitrogen and oxygen atoms in total. The molecule has 0 aromatic rings. The number of carbonyl (C=O) groups is 2. The van der Waals surface area contributed by atoms with E-state index in [1.807, 2.05) is 0 Å². The van der Waals surface area contributed by atoms with Crippen molar-refractivity contribution in [1.29, 1.82) is 0 Å². The van der Waals surface area contributed by atoms with Crippen LogP contribution in [0, 0.1) is 62.6 Å². The molecule has 5 fully saturated rings. The first kappa shape index (κ1) is 23.9. The molecule has 0 heterocycles. The van der Waals surface area contributed by atoms with E-state index in [0.717, 1.165) is 44.9 Å². The number of Topliss-reactive ketones (excluding diaryl/α,β-unsaturated/α-hetero) is 1. The third kappa shape index (κ3) is 2.75. The van der Waals surface area contributed by atoms with Gasteiger partial charge in [0.25, 0.3) is 0 Å². The van der Waals surface area contributed by atoms with Crippen molar-refractivity contribution in [3.8, 4) is 0 Å². The molecule has 186 valence electrons. The quantitative estimate of drug-likeness (QED) is 0.471. The van der Waals surface area contributed by atoms with Crippen molar-refractivity contribution in [2.45, 2.75) is 113 Å². The summed E-state index contributed by atoms with van der Waals surface area (Å²) in [5.41, 5.74) is -0.0101. The normalized spacial score (nSPS) is 53.1. The van der Waals surface area contributed by atoms with Gasteiger partial charge in [-0.15, -0.1) is 0 Å². The highest BCUT2D eigenvalue weighted by Crippen LogP contribution is 2.77. The van der Waals surface area contributed by atoms with Gasteiger partial charge in [0.15, 0.2) is 0 Å². The first-order chi connectivity index (χ1) is 15.3. The molecule has 5 aliphatic carbocycles. The van der Waals surface area contributed by atoms with E-state index < -0.39 is 11.4 Å². The van der Waals surface area contributed by atoms with Gasteiger partial charge in [0.2, 0.25) is 0 Å². The van der Waals surface area contributed by atoms with E-state index in [9.17, 15) is 14.7 Å². The zero-order valence-corrected chi connectivity index (χ0v) is 22.3. The van der Waals surface area contributed by atoms with Crippen molar-refractivity contribution >= 4 is 11.8 Å². The Kier molecular flexibility index (Phi) is 5.13. The average Bonchev–Trinajstić information content (AvgIpc) is 3.13. The Labute approximate surface area is 201 Å². The molecule has 0 aromatic heterocycles. The molecule has 33 heavy (non-hydrogen) atoms. The maximum atomic E-state index is 12.9. The summed E-state index contributed by atoms with van der Waals surface area (Å²) in [6, 6.07) is 0. The molecule has 5 unspecified atom stereocenters. The number of carbonyl (C=O) groups excluding carboxylic acids is 1. The van der Waals surface area contributed by atoms with E-state index in [0.29, 0.717) is 41.3 Å². The SMILES string of the molecule is CC(C)C1CC[C@]2(C(=O)O)CC[C@]3(C)C(CCC4[C@@]5(C)CCC(=O)C(C)(C)C5CC[C@]43C)C12. The van der Waals surface area contributed by atoms with Crippen molar-refractivity contribution in [3.05, 3.63) is 0 Å². The Balaban J connectivity index is 1.56.